The van der Waals surface area contributed by atoms with Gasteiger partial charge in [-0.05, 0) is 56.3 Å². The first-order chi connectivity index (χ1) is 11.8. The minimum Gasteiger partial charge on any atom is -0.322 e. The standard InChI is InChI=1S/C19H17BrN2O3/c1-12(10-18(24)21-17-5-3-4-15(20)11-17)19(25)22-16-8-6-14(7-9-16)13(2)23/h3-11H,1-2H3,(H,21,24)(H,22,25)/b12-10-. The van der Waals surface area contributed by atoms with Gasteiger partial charge in [0.15, 0.2) is 5.78 Å². The van der Waals surface area contributed by atoms with Gasteiger partial charge in [-0.15, -0.1) is 0 Å². The molecule has 0 aliphatic heterocycles. The maximum Gasteiger partial charge on any atom is 0.251 e. The van der Waals surface area contributed by atoms with E-state index in [-0.39, 0.29) is 17.3 Å². The zero-order valence-corrected chi connectivity index (χ0v) is 15.4. The van der Waals surface area contributed by atoms with Gasteiger partial charge in [0.2, 0.25) is 5.91 Å². The Labute approximate surface area is 154 Å². The number of anilines is 2. The molecule has 0 aliphatic carbocycles. The number of amides is 2. The molecule has 0 saturated carbocycles. The quantitative estimate of drug-likeness (QED) is 0.583. The number of nitrogens with one attached hydrogen (secondary N) is 2. The van der Waals surface area contributed by atoms with Crippen molar-refractivity contribution in [2.45, 2.75) is 13.8 Å². The largest absolute Gasteiger partial charge is 0.322 e. The molecule has 128 valence electrons. The molecule has 0 atom stereocenters. The van der Waals surface area contributed by atoms with Crippen LogP contribution in [0.25, 0.3) is 0 Å². The first-order valence-electron chi connectivity index (χ1n) is 7.52. The Hall–Kier alpha value is -2.73. The molecule has 2 amide bonds. The highest BCUT2D eigenvalue weighted by molar-refractivity contribution is 9.10. The summed E-state index contributed by atoms with van der Waals surface area (Å²) in [6.45, 7) is 3.03. The molecule has 2 aromatic carbocycles. The molecular formula is C19H17BrN2O3. The lowest BCUT2D eigenvalue weighted by atomic mass is 10.1. The van der Waals surface area contributed by atoms with Crippen molar-refractivity contribution in [1.82, 2.24) is 0 Å². The lowest BCUT2D eigenvalue weighted by Crippen LogP contribution is -2.16. The zero-order chi connectivity index (χ0) is 18.4. The van der Waals surface area contributed by atoms with Crippen molar-refractivity contribution in [3.8, 4) is 0 Å². The predicted molar refractivity (Wildman–Crippen MR) is 102 cm³/mol. The van der Waals surface area contributed by atoms with Crippen molar-refractivity contribution in [1.29, 1.82) is 0 Å². The average molecular weight is 401 g/mol. The fraction of sp³-hybridized carbons (Fsp3) is 0.105. The predicted octanol–water partition coefficient (Wildman–Crippen LogP) is 4.18. The second kappa shape index (κ2) is 8.39. The maximum atomic E-state index is 12.1. The molecule has 0 bridgehead atoms. The van der Waals surface area contributed by atoms with Gasteiger partial charge in [-0.25, -0.2) is 0 Å². The highest BCUT2D eigenvalue weighted by Gasteiger charge is 2.08. The summed E-state index contributed by atoms with van der Waals surface area (Å²) in [6, 6.07) is 13.7. The third-order valence-corrected chi connectivity index (χ3v) is 3.84. The molecule has 2 aromatic rings. The number of benzene rings is 2. The molecule has 5 nitrogen and oxygen atoms in total. The van der Waals surface area contributed by atoms with Crippen LogP contribution < -0.4 is 10.6 Å². The molecule has 6 heteroatoms. The molecule has 0 aliphatic rings. The molecule has 2 N–H and O–H groups in total. The van der Waals surface area contributed by atoms with E-state index in [4.69, 9.17) is 0 Å². The number of carbonyl (C=O) groups is 3. The van der Waals surface area contributed by atoms with Crippen LogP contribution in [0.1, 0.15) is 24.2 Å². The first kappa shape index (κ1) is 18.6. The number of carbonyl (C=O) groups excluding carboxylic acids is 3. The Morgan fingerprint density at radius 1 is 0.920 bits per heavy atom. The van der Waals surface area contributed by atoms with E-state index in [0.717, 1.165) is 4.47 Å². The third kappa shape index (κ3) is 5.69. The Morgan fingerprint density at radius 3 is 2.20 bits per heavy atom. The number of hydrogen-bond acceptors (Lipinski definition) is 3. The van der Waals surface area contributed by atoms with E-state index in [1.165, 1.54) is 13.0 Å². The second-order valence-electron chi connectivity index (χ2n) is 5.41. The van der Waals surface area contributed by atoms with Gasteiger partial charge in [0.05, 0.1) is 0 Å². The van der Waals surface area contributed by atoms with Crippen molar-refractivity contribution in [2.75, 3.05) is 10.6 Å². The van der Waals surface area contributed by atoms with Gasteiger partial charge in [-0.3, -0.25) is 14.4 Å². The van der Waals surface area contributed by atoms with Crippen LogP contribution in [0.5, 0.6) is 0 Å². The number of hydrogen-bond donors (Lipinski definition) is 2. The van der Waals surface area contributed by atoms with Crippen molar-refractivity contribution >= 4 is 44.9 Å². The van der Waals surface area contributed by atoms with Crippen molar-refractivity contribution in [3.05, 3.63) is 70.2 Å². The zero-order valence-electron chi connectivity index (χ0n) is 13.8. The van der Waals surface area contributed by atoms with E-state index < -0.39 is 5.91 Å². The molecular weight excluding hydrogens is 384 g/mol. The van der Waals surface area contributed by atoms with Gasteiger partial charge in [-0.1, -0.05) is 22.0 Å². The minimum atomic E-state index is -0.391. The van der Waals surface area contributed by atoms with Gasteiger partial charge in [0.25, 0.3) is 5.91 Å². The molecule has 0 unspecified atom stereocenters. The van der Waals surface area contributed by atoms with E-state index in [9.17, 15) is 14.4 Å². The summed E-state index contributed by atoms with van der Waals surface area (Å²) in [4.78, 5) is 35.4. The summed E-state index contributed by atoms with van der Waals surface area (Å²) >= 11 is 3.33. The van der Waals surface area contributed by atoms with Gasteiger partial charge < -0.3 is 10.6 Å². The Kier molecular flexibility index (Phi) is 6.25. The van der Waals surface area contributed by atoms with Gasteiger partial charge >= 0.3 is 0 Å². The van der Waals surface area contributed by atoms with Crippen LogP contribution in [0, 0.1) is 0 Å². The normalized spacial score (nSPS) is 10.9. The fourth-order valence-corrected chi connectivity index (χ4v) is 2.42. The lowest BCUT2D eigenvalue weighted by molar-refractivity contribution is -0.114. The van der Waals surface area contributed by atoms with Crippen LogP contribution in [0.15, 0.2) is 64.7 Å². The first-order valence-corrected chi connectivity index (χ1v) is 8.31. The van der Waals surface area contributed by atoms with Crippen LogP contribution in [0.3, 0.4) is 0 Å². The van der Waals surface area contributed by atoms with E-state index in [2.05, 4.69) is 26.6 Å². The molecule has 0 saturated heterocycles. The highest BCUT2D eigenvalue weighted by atomic mass is 79.9. The topological polar surface area (TPSA) is 75.3 Å². The molecule has 0 radical (unpaired) electrons. The van der Waals surface area contributed by atoms with E-state index in [1.807, 2.05) is 6.07 Å². The molecule has 0 spiro atoms. The average Bonchev–Trinajstić information content (AvgIpc) is 2.55. The maximum absolute atomic E-state index is 12.1. The molecule has 25 heavy (non-hydrogen) atoms. The SMILES string of the molecule is CC(=O)c1ccc(NC(=O)/C(C)=C\C(=O)Nc2cccc(Br)c2)cc1. The molecule has 0 aromatic heterocycles. The smallest absolute Gasteiger partial charge is 0.251 e. The van der Waals surface area contributed by atoms with Gasteiger partial charge in [0, 0.05) is 33.1 Å². The van der Waals surface area contributed by atoms with E-state index in [1.54, 1.807) is 49.4 Å². The Morgan fingerprint density at radius 2 is 1.60 bits per heavy atom. The van der Waals surface area contributed by atoms with Crippen LogP contribution in [0.2, 0.25) is 0 Å². The Balaban J connectivity index is 1.99. The lowest BCUT2D eigenvalue weighted by Gasteiger charge is -2.07. The van der Waals surface area contributed by atoms with E-state index >= 15 is 0 Å². The summed E-state index contributed by atoms with van der Waals surface area (Å²) in [5.41, 5.74) is 2.01. The molecule has 0 heterocycles. The summed E-state index contributed by atoms with van der Waals surface area (Å²) in [7, 11) is 0. The highest BCUT2D eigenvalue weighted by Crippen LogP contribution is 2.16. The van der Waals surface area contributed by atoms with E-state index in [0.29, 0.717) is 16.9 Å². The molecule has 0 fully saturated rings. The number of ketones is 1. The third-order valence-electron chi connectivity index (χ3n) is 3.35. The van der Waals surface area contributed by atoms with Crippen LogP contribution in [0.4, 0.5) is 11.4 Å². The van der Waals surface area contributed by atoms with Crippen LogP contribution in [-0.4, -0.2) is 17.6 Å². The number of Topliss-reactive ketones (excluding diaryl/α,β-unsaturated/α-hetero) is 1. The Bertz CT molecular complexity index is 842. The molecule has 2 rings (SSSR count). The van der Waals surface area contributed by atoms with Crippen molar-refractivity contribution < 1.29 is 14.4 Å². The van der Waals surface area contributed by atoms with Gasteiger partial charge in [-0.2, -0.15) is 0 Å². The number of rotatable bonds is 5. The number of halogens is 1. The summed E-state index contributed by atoms with van der Waals surface area (Å²) < 4.78 is 0.845. The minimum absolute atomic E-state index is 0.0434. The van der Waals surface area contributed by atoms with Crippen LogP contribution >= 0.6 is 15.9 Å². The van der Waals surface area contributed by atoms with Crippen molar-refractivity contribution in [2.24, 2.45) is 0 Å². The van der Waals surface area contributed by atoms with Gasteiger partial charge in [0.1, 0.15) is 0 Å². The summed E-state index contributed by atoms with van der Waals surface area (Å²) in [5, 5.41) is 5.37. The summed E-state index contributed by atoms with van der Waals surface area (Å²) in [5.74, 6) is -0.823. The second-order valence-corrected chi connectivity index (χ2v) is 6.33. The fourth-order valence-electron chi connectivity index (χ4n) is 2.02. The van der Waals surface area contributed by atoms with Crippen LogP contribution in [-0.2, 0) is 9.59 Å². The summed E-state index contributed by atoms with van der Waals surface area (Å²) in [6.07, 6.45) is 1.24. The van der Waals surface area contributed by atoms with Crippen molar-refractivity contribution in [3.63, 3.8) is 0 Å². The monoisotopic (exact) mass is 400 g/mol.